The average molecular weight is 419 g/mol. The van der Waals surface area contributed by atoms with Crippen molar-refractivity contribution in [3.05, 3.63) is 77.6 Å². The van der Waals surface area contributed by atoms with Crippen molar-refractivity contribution in [2.75, 3.05) is 27.7 Å². The predicted octanol–water partition coefficient (Wildman–Crippen LogP) is 3.49. The molecule has 0 fully saturated rings. The fourth-order valence-electron chi connectivity index (χ4n) is 2.79. The van der Waals surface area contributed by atoms with Crippen molar-refractivity contribution in [1.29, 1.82) is 0 Å². The predicted molar refractivity (Wildman–Crippen MR) is 127 cm³/mol. The van der Waals surface area contributed by atoms with E-state index in [1.165, 1.54) is 4.90 Å². The van der Waals surface area contributed by atoms with E-state index in [2.05, 4.69) is 22.2 Å². The van der Waals surface area contributed by atoms with Gasteiger partial charge in [-0.15, -0.1) is 0 Å². The summed E-state index contributed by atoms with van der Waals surface area (Å²) >= 11 is 0. The van der Waals surface area contributed by atoms with Gasteiger partial charge < -0.3 is 15.5 Å². The molecule has 0 aliphatic carbocycles. The molecule has 0 spiro atoms. The van der Waals surface area contributed by atoms with Crippen molar-refractivity contribution in [1.82, 2.24) is 20.5 Å². The van der Waals surface area contributed by atoms with E-state index < -0.39 is 0 Å². The minimum atomic E-state index is -0.0580. The number of nitrogens with one attached hydrogen (secondary N) is 2. The molecule has 2 N–H and O–H groups in total. The zero-order valence-electron chi connectivity index (χ0n) is 18.6. The maximum absolute atomic E-state index is 11.7. The third-order valence-electron chi connectivity index (χ3n) is 4.75. The van der Waals surface area contributed by atoms with Gasteiger partial charge in [0.15, 0.2) is 0 Å². The second kappa shape index (κ2) is 11.6. The van der Waals surface area contributed by atoms with Gasteiger partial charge in [0.1, 0.15) is 6.29 Å². The summed E-state index contributed by atoms with van der Waals surface area (Å²) in [5.41, 5.74) is 5.81. The first kappa shape index (κ1) is 23.8. The van der Waals surface area contributed by atoms with Crippen LogP contribution in [-0.2, 0) is 9.59 Å². The summed E-state index contributed by atoms with van der Waals surface area (Å²) in [5, 5.41) is 6.37. The largest absolute Gasteiger partial charge is 0.359 e. The van der Waals surface area contributed by atoms with Gasteiger partial charge in [0.2, 0.25) is 5.91 Å². The minimum absolute atomic E-state index is 0.0580. The van der Waals surface area contributed by atoms with Crippen LogP contribution in [0.15, 0.2) is 66.5 Å². The van der Waals surface area contributed by atoms with Crippen LogP contribution in [0.3, 0.4) is 0 Å². The van der Waals surface area contributed by atoms with Crippen molar-refractivity contribution >= 4 is 24.0 Å². The number of rotatable bonds is 10. The lowest BCUT2D eigenvalue weighted by molar-refractivity contribution is -0.123. The van der Waals surface area contributed by atoms with Gasteiger partial charge in [-0.3, -0.25) is 14.6 Å². The van der Waals surface area contributed by atoms with Gasteiger partial charge in [-0.05, 0) is 37.7 Å². The molecule has 0 saturated heterocycles. The number of hydrogen-bond acceptors (Lipinski definition) is 5. The Morgan fingerprint density at radius 3 is 2.52 bits per heavy atom. The fraction of sp³-hybridized carbons (Fsp3) is 0.240. The number of hydrogen-bond donors (Lipinski definition) is 2. The molecule has 1 heterocycles. The highest BCUT2D eigenvalue weighted by Crippen LogP contribution is 2.22. The highest BCUT2D eigenvalue weighted by molar-refractivity contribution is 5.91. The van der Waals surface area contributed by atoms with Crippen LogP contribution in [0, 0.1) is 0 Å². The topological polar surface area (TPSA) is 74.3 Å². The lowest BCUT2D eigenvalue weighted by Gasteiger charge is -2.15. The maximum atomic E-state index is 11.7. The molecule has 0 radical (unpaired) electrons. The monoisotopic (exact) mass is 418 g/mol. The minimum Gasteiger partial charge on any atom is -0.359 e. The van der Waals surface area contributed by atoms with Crippen LogP contribution in [0.2, 0.25) is 0 Å². The number of carbonyl (C=O) groups is 2. The molecule has 0 aliphatic rings. The molecule has 31 heavy (non-hydrogen) atoms. The van der Waals surface area contributed by atoms with Crippen molar-refractivity contribution in [2.45, 2.75) is 13.3 Å². The molecular weight excluding hydrogens is 388 g/mol. The normalized spacial score (nSPS) is 11.7. The van der Waals surface area contributed by atoms with E-state index in [1.807, 2.05) is 43.4 Å². The molecule has 0 aliphatic heterocycles. The Morgan fingerprint density at radius 2 is 1.90 bits per heavy atom. The van der Waals surface area contributed by atoms with Gasteiger partial charge in [-0.25, -0.2) is 0 Å². The SMILES string of the molecule is C=C(N/C(CCNC)=C(\C)C=O)c1ccnc(-c2ccc(/C=C/C(=O)N(C)C)cc2)c1. The Hall–Kier alpha value is -3.51. The van der Waals surface area contributed by atoms with E-state index >= 15 is 0 Å². The van der Waals surface area contributed by atoms with E-state index in [4.69, 9.17) is 0 Å². The van der Waals surface area contributed by atoms with E-state index in [1.54, 1.807) is 39.4 Å². The van der Waals surface area contributed by atoms with Crippen LogP contribution < -0.4 is 10.6 Å². The van der Waals surface area contributed by atoms with Crippen molar-refractivity contribution < 1.29 is 9.59 Å². The highest BCUT2D eigenvalue weighted by atomic mass is 16.2. The molecule has 0 bridgehead atoms. The molecule has 6 heteroatoms. The number of aldehydes is 1. The molecule has 2 aromatic rings. The van der Waals surface area contributed by atoms with Crippen molar-refractivity contribution in [3.8, 4) is 11.3 Å². The van der Waals surface area contributed by atoms with E-state index in [0.29, 0.717) is 17.7 Å². The van der Waals surface area contributed by atoms with Gasteiger partial charge >= 0.3 is 0 Å². The molecule has 0 saturated carbocycles. The zero-order valence-corrected chi connectivity index (χ0v) is 18.6. The fourth-order valence-corrected chi connectivity index (χ4v) is 2.79. The van der Waals surface area contributed by atoms with Gasteiger partial charge in [-0.2, -0.15) is 0 Å². The molecule has 0 atom stereocenters. The Kier molecular flexibility index (Phi) is 8.91. The van der Waals surface area contributed by atoms with Crippen LogP contribution in [0.5, 0.6) is 0 Å². The number of aromatic nitrogens is 1. The van der Waals surface area contributed by atoms with E-state index in [-0.39, 0.29) is 5.91 Å². The maximum Gasteiger partial charge on any atom is 0.246 e. The highest BCUT2D eigenvalue weighted by Gasteiger charge is 2.08. The smallest absolute Gasteiger partial charge is 0.246 e. The number of benzene rings is 1. The van der Waals surface area contributed by atoms with Crippen LogP contribution in [0.25, 0.3) is 23.0 Å². The third kappa shape index (κ3) is 7.04. The van der Waals surface area contributed by atoms with Crippen LogP contribution in [0.1, 0.15) is 24.5 Å². The van der Waals surface area contributed by atoms with Gasteiger partial charge in [-0.1, -0.05) is 30.8 Å². The first-order chi connectivity index (χ1) is 14.8. The summed E-state index contributed by atoms with van der Waals surface area (Å²) in [7, 11) is 5.31. The van der Waals surface area contributed by atoms with Gasteiger partial charge in [0.05, 0.1) is 5.69 Å². The second-order valence-electron chi connectivity index (χ2n) is 7.35. The molecule has 1 aromatic heterocycles. The molecule has 0 unspecified atom stereocenters. The second-order valence-corrected chi connectivity index (χ2v) is 7.35. The third-order valence-corrected chi connectivity index (χ3v) is 4.75. The number of nitrogens with zero attached hydrogens (tertiary/aromatic N) is 2. The van der Waals surface area contributed by atoms with Gasteiger partial charge in [0, 0.05) is 67.4 Å². The molecule has 6 nitrogen and oxygen atoms in total. The summed E-state index contributed by atoms with van der Waals surface area (Å²) in [4.78, 5) is 28.9. The Labute approximate surface area is 184 Å². The lowest BCUT2D eigenvalue weighted by Crippen LogP contribution is -2.18. The average Bonchev–Trinajstić information content (AvgIpc) is 2.79. The summed E-state index contributed by atoms with van der Waals surface area (Å²) in [5.74, 6) is -0.0580. The van der Waals surface area contributed by atoms with Crippen molar-refractivity contribution in [3.63, 3.8) is 0 Å². The Morgan fingerprint density at radius 1 is 1.19 bits per heavy atom. The quantitative estimate of drug-likeness (QED) is 0.456. The number of allylic oxidation sites excluding steroid dienone is 1. The summed E-state index contributed by atoms with van der Waals surface area (Å²) < 4.78 is 0. The van der Waals surface area contributed by atoms with E-state index in [0.717, 1.165) is 40.9 Å². The van der Waals surface area contributed by atoms with E-state index in [9.17, 15) is 9.59 Å². The molecule has 2 rings (SSSR count). The lowest BCUT2D eigenvalue weighted by atomic mass is 10.1. The first-order valence-electron chi connectivity index (χ1n) is 10.1. The Balaban J connectivity index is 2.18. The molecule has 1 amide bonds. The van der Waals surface area contributed by atoms with Crippen molar-refractivity contribution in [2.24, 2.45) is 0 Å². The Bertz CT molecular complexity index is 989. The van der Waals surface area contributed by atoms with Crippen LogP contribution >= 0.6 is 0 Å². The zero-order chi connectivity index (χ0) is 22.8. The number of amides is 1. The van der Waals surface area contributed by atoms with Crippen LogP contribution in [0.4, 0.5) is 0 Å². The molecular formula is C25H30N4O2. The molecule has 1 aromatic carbocycles. The molecule has 162 valence electrons. The van der Waals surface area contributed by atoms with Gasteiger partial charge in [0.25, 0.3) is 0 Å². The summed E-state index contributed by atoms with van der Waals surface area (Å²) in [6.07, 6.45) is 6.62. The van der Waals surface area contributed by atoms with Crippen LogP contribution in [-0.4, -0.2) is 49.8 Å². The summed E-state index contributed by atoms with van der Waals surface area (Å²) in [6, 6.07) is 11.7. The number of carbonyl (C=O) groups excluding carboxylic acids is 2. The number of likely N-dealkylation sites (N-methyl/N-ethyl adjacent to an activating group) is 1. The summed E-state index contributed by atoms with van der Waals surface area (Å²) in [6.45, 7) is 6.68. The number of pyridine rings is 1. The standard InChI is InChI=1S/C25H30N4O2/c1-18(17-30)23(13-14-26-3)28-19(2)22-12-15-27-24(16-22)21-9-6-20(7-10-21)8-11-25(31)29(4)5/h6-12,15-17,26,28H,2,13-14H2,1,3-5H3/b11-8+,23-18+. The first-order valence-corrected chi connectivity index (χ1v) is 10.1.